The summed E-state index contributed by atoms with van der Waals surface area (Å²) in [5, 5.41) is 3.17. The van der Waals surface area contributed by atoms with Crippen LogP contribution in [0.4, 0.5) is 11.9 Å². The van der Waals surface area contributed by atoms with Gasteiger partial charge in [0.05, 0.1) is 7.11 Å². The van der Waals surface area contributed by atoms with E-state index in [0.29, 0.717) is 17.9 Å². The van der Waals surface area contributed by atoms with Crippen molar-refractivity contribution in [2.24, 2.45) is 11.8 Å². The third-order valence-electron chi connectivity index (χ3n) is 3.44. The molecule has 0 aliphatic heterocycles. The molecule has 19 heavy (non-hydrogen) atoms. The Morgan fingerprint density at radius 1 is 1.37 bits per heavy atom. The minimum Gasteiger partial charge on any atom is -0.467 e. The first-order valence-corrected chi connectivity index (χ1v) is 6.89. The van der Waals surface area contributed by atoms with Crippen LogP contribution in [0.2, 0.25) is 0 Å². The summed E-state index contributed by atoms with van der Waals surface area (Å²) in [6.45, 7) is 6.21. The molecule has 2 unspecified atom stereocenters. The Balaban J connectivity index is 2.08. The highest BCUT2D eigenvalue weighted by atomic mass is 16.5. The lowest BCUT2D eigenvalue weighted by Gasteiger charge is -2.18. The topological polar surface area (TPSA) is 63.2 Å². The van der Waals surface area contributed by atoms with Crippen LogP contribution in [0.15, 0.2) is 0 Å². The van der Waals surface area contributed by atoms with E-state index < -0.39 is 0 Å². The monoisotopic (exact) mass is 265 g/mol. The van der Waals surface area contributed by atoms with E-state index in [4.69, 9.17) is 4.74 Å². The number of nitrogens with one attached hydrogen (secondary N) is 1. The zero-order valence-corrected chi connectivity index (χ0v) is 12.2. The van der Waals surface area contributed by atoms with E-state index in [0.717, 1.165) is 31.3 Å². The molecule has 1 aromatic rings. The number of aromatic nitrogens is 3. The highest BCUT2D eigenvalue weighted by molar-refractivity contribution is 5.38. The second-order valence-electron chi connectivity index (χ2n) is 5.23. The van der Waals surface area contributed by atoms with Crippen molar-refractivity contribution in [3.8, 4) is 6.01 Å². The van der Waals surface area contributed by atoms with Gasteiger partial charge in [-0.3, -0.25) is 0 Å². The Bertz CT molecular complexity index is 425. The van der Waals surface area contributed by atoms with Crippen molar-refractivity contribution in [1.29, 1.82) is 0 Å². The van der Waals surface area contributed by atoms with Crippen LogP contribution in [-0.4, -0.2) is 42.2 Å². The van der Waals surface area contributed by atoms with Gasteiger partial charge in [0.1, 0.15) is 0 Å². The molecular formula is C13H23N5O. The summed E-state index contributed by atoms with van der Waals surface area (Å²) in [7, 11) is 3.59. The zero-order chi connectivity index (χ0) is 13.8. The molecule has 106 valence electrons. The summed E-state index contributed by atoms with van der Waals surface area (Å²) in [5.41, 5.74) is 0. The van der Waals surface area contributed by atoms with Crippen LogP contribution in [0.3, 0.4) is 0 Å². The molecule has 2 atom stereocenters. The fraction of sp³-hybridized carbons (Fsp3) is 0.769. The standard InChI is InChI=1S/C13H23N5O/c1-5-6-14-11-15-12(17-13(16-11)19-4)18(3)8-10-7-9(10)2/h9-10H,5-8H2,1-4H3,(H,14,15,16,17). The summed E-state index contributed by atoms with van der Waals surface area (Å²) in [6, 6.07) is 0.360. The Kier molecular flexibility index (Phi) is 4.39. The normalized spacial score (nSPS) is 21.1. The first-order valence-electron chi connectivity index (χ1n) is 6.89. The Labute approximate surface area is 114 Å². The summed E-state index contributed by atoms with van der Waals surface area (Å²) < 4.78 is 5.14. The lowest BCUT2D eigenvalue weighted by molar-refractivity contribution is 0.378. The Morgan fingerprint density at radius 3 is 2.68 bits per heavy atom. The van der Waals surface area contributed by atoms with E-state index in [2.05, 4.69) is 39.0 Å². The third kappa shape index (κ3) is 3.68. The SMILES string of the molecule is CCCNc1nc(OC)nc(N(C)CC2CC2C)n1. The van der Waals surface area contributed by atoms with Crippen molar-refractivity contribution in [3.63, 3.8) is 0 Å². The average Bonchev–Trinajstić information content (AvgIpc) is 3.11. The van der Waals surface area contributed by atoms with Gasteiger partial charge in [0.25, 0.3) is 0 Å². The van der Waals surface area contributed by atoms with Gasteiger partial charge in [-0.25, -0.2) is 0 Å². The lowest BCUT2D eigenvalue weighted by Crippen LogP contribution is -2.24. The quantitative estimate of drug-likeness (QED) is 0.811. The van der Waals surface area contributed by atoms with E-state index in [1.165, 1.54) is 6.42 Å². The van der Waals surface area contributed by atoms with Crippen LogP contribution in [0.25, 0.3) is 0 Å². The van der Waals surface area contributed by atoms with Crippen molar-refractivity contribution < 1.29 is 4.74 Å². The summed E-state index contributed by atoms with van der Waals surface area (Å²) in [4.78, 5) is 15.0. The number of methoxy groups -OCH3 is 1. The predicted octanol–water partition coefficient (Wildman–Crippen LogP) is 1.79. The predicted molar refractivity (Wildman–Crippen MR) is 75.7 cm³/mol. The molecule has 1 saturated carbocycles. The third-order valence-corrected chi connectivity index (χ3v) is 3.44. The minimum absolute atomic E-state index is 0.360. The number of rotatable bonds is 7. The van der Waals surface area contributed by atoms with Gasteiger partial charge in [-0.1, -0.05) is 13.8 Å². The molecule has 1 N–H and O–H groups in total. The number of ether oxygens (including phenoxy) is 1. The maximum absolute atomic E-state index is 5.14. The fourth-order valence-corrected chi connectivity index (χ4v) is 2.01. The van der Waals surface area contributed by atoms with Crippen LogP contribution in [0.5, 0.6) is 6.01 Å². The number of hydrogen-bond acceptors (Lipinski definition) is 6. The van der Waals surface area contributed by atoms with Gasteiger partial charge in [0.15, 0.2) is 0 Å². The highest BCUT2D eigenvalue weighted by Gasteiger charge is 2.33. The molecule has 0 aromatic carbocycles. The van der Waals surface area contributed by atoms with Crippen molar-refractivity contribution in [3.05, 3.63) is 0 Å². The molecule has 0 saturated heterocycles. The van der Waals surface area contributed by atoms with Crippen LogP contribution in [0, 0.1) is 11.8 Å². The Morgan fingerprint density at radius 2 is 2.11 bits per heavy atom. The average molecular weight is 265 g/mol. The molecule has 2 rings (SSSR count). The number of anilines is 2. The minimum atomic E-state index is 0.360. The van der Waals surface area contributed by atoms with Crippen molar-refractivity contribution in [2.75, 3.05) is 37.5 Å². The second kappa shape index (κ2) is 6.04. The van der Waals surface area contributed by atoms with E-state index in [1.54, 1.807) is 7.11 Å². The van der Waals surface area contributed by atoms with Crippen LogP contribution in [0.1, 0.15) is 26.7 Å². The summed E-state index contributed by atoms with van der Waals surface area (Å²) in [6.07, 6.45) is 2.33. The van der Waals surface area contributed by atoms with E-state index in [1.807, 2.05) is 7.05 Å². The number of hydrogen-bond donors (Lipinski definition) is 1. The van der Waals surface area contributed by atoms with Gasteiger partial charge < -0.3 is 15.0 Å². The maximum atomic E-state index is 5.14. The Hall–Kier alpha value is -1.59. The van der Waals surface area contributed by atoms with Gasteiger partial charge in [-0.05, 0) is 24.7 Å². The van der Waals surface area contributed by atoms with E-state index in [9.17, 15) is 0 Å². The van der Waals surface area contributed by atoms with Crippen molar-refractivity contribution >= 4 is 11.9 Å². The first kappa shape index (κ1) is 13.8. The molecule has 6 nitrogen and oxygen atoms in total. The smallest absolute Gasteiger partial charge is 0.322 e. The fourth-order valence-electron chi connectivity index (χ4n) is 2.01. The largest absolute Gasteiger partial charge is 0.467 e. The van der Waals surface area contributed by atoms with Gasteiger partial charge in [0, 0.05) is 20.1 Å². The molecule has 0 radical (unpaired) electrons. The molecule has 1 aromatic heterocycles. The molecule has 1 fully saturated rings. The molecule has 0 spiro atoms. The molecule has 1 aliphatic carbocycles. The highest BCUT2D eigenvalue weighted by Crippen LogP contribution is 2.38. The first-order chi connectivity index (χ1) is 9.13. The molecule has 6 heteroatoms. The lowest BCUT2D eigenvalue weighted by atomic mass is 10.3. The van der Waals surface area contributed by atoms with Gasteiger partial charge in [-0.15, -0.1) is 0 Å². The van der Waals surface area contributed by atoms with E-state index in [-0.39, 0.29) is 0 Å². The number of nitrogens with zero attached hydrogens (tertiary/aromatic N) is 4. The zero-order valence-electron chi connectivity index (χ0n) is 12.2. The van der Waals surface area contributed by atoms with Crippen molar-refractivity contribution in [2.45, 2.75) is 26.7 Å². The molecule has 0 amide bonds. The van der Waals surface area contributed by atoms with Crippen LogP contribution >= 0.6 is 0 Å². The van der Waals surface area contributed by atoms with Crippen molar-refractivity contribution in [1.82, 2.24) is 15.0 Å². The van der Waals surface area contributed by atoms with Gasteiger partial charge >= 0.3 is 6.01 Å². The van der Waals surface area contributed by atoms with Gasteiger partial charge in [-0.2, -0.15) is 15.0 Å². The molecule has 1 heterocycles. The summed E-state index contributed by atoms with van der Waals surface area (Å²) in [5.74, 6) is 2.84. The van der Waals surface area contributed by atoms with Crippen LogP contribution in [-0.2, 0) is 0 Å². The van der Waals surface area contributed by atoms with Crippen LogP contribution < -0.4 is 15.0 Å². The molecule has 0 bridgehead atoms. The molecule has 1 aliphatic rings. The van der Waals surface area contributed by atoms with E-state index >= 15 is 0 Å². The summed E-state index contributed by atoms with van der Waals surface area (Å²) >= 11 is 0. The second-order valence-corrected chi connectivity index (χ2v) is 5.23. The maximum Gasteiger partial charge on any atom is 0.322 e. The molecular weight excluding hydrogens is 242 g/mol. The van der Waals surface area contributed by atoms with Gasteiger partial charge in [0.2, 0.25) is 11.9 Å².